The second kappa shape index (κ2) is 4.99. The van der Waals surface area contributed by atoms with E-state index in [0.29, 0.717) is 0 Å². The van der Waals surface area contributed by atoms with E-state index in [2.05, 4.69) is 10.6 Å². The van der Waals surface area contributed by atoms with Crippen LogP contribution in [0.1, 0.15) is 20.3 Å². The van der Waals surface area contributed by atoms with Gasteiger partial charge in [-0.3, -0.25) is 14.5 Å². The maximum absolute atomic E-state index is 12.0. The molecule has 0 bridgehead atoms. The number of nitrogens with one attached hydrogen (secondary N) is 2. The Kier molecular flexibility index (Phi) is 3.62. The molecule has 2 saturated heterocycles. The van der Waals surface area contributed by atoms with Crippen LogP contribution in [0.5, 0.6) is 0 Å². The van der Waals surface area contributed by atoms with Gasteiger partial charge in [-0.1, -0.05) is 0 Å². The highest BCUT2D eigenvalue weighted by molar-refractivity contribution is 6.08. The molecule has 4 amide bonds. The lowest BCUT2D eigenvalue weighted by Crippen LogP contribution is -2.57. The molecule has 3 N–H and O–H groups in total. The van der Waals surface area contributed by atoms with E-state index in [0.717, 1.165) is 4.90 Å². The van der Waals surface area contributed by atoms with Crippen molar-refractivity contribution in [3.05, 3.63) is 0 Å². The van der Waals surface area contributed by atoms with Crippen LogP contribution in [0.2, 0.25) is 0 Å². The van der Waals surface area contributed by atoms with Crippen molar-refractivity contribution >= 4 is 23.8 Å². The average molecular weight is 299 g/mol. The molecule has 9 nitrogen and oxygen atoms in total. The molecule has 0 aromatic carbocycles. The lowest BCUT2D eigenvalue weighted by atomic mass is 9.99. The fraction of sp³-hybridized carbons (Fsp3) is 0.667. The molecule has 21 heavy (non-hydrogen) atoms. The Hall–Kier alpha value is -2.16. The number of amides is 4. The van der Waals surface area contributed by atoms with Gasteiger partial charge in [0.1, 0.15) is 12.1 Å². The zero-order valence-corrected chi connectivity index (χ0v) is 11.8. The van der Waals surface area contributed by atoms with Crippen molar-refractivity contribution in [2.75, 3.05) is 19.8 Å². The van der Waals surface area contributed by atoms with Crippen LogP contribution >= 0.6 is 0 Å². The van der Waals surface area contributed by atoms with Gasteiger partial charge in [-0.2, -0.15) is 0 Å². The first-order valence-corrected chi connectivity index (χ1v) is 6.44. The van der Waals surface area contributed by atoms with Crippen LogP contribution in [0, 0.1) is 0 Å². The molecule has 2 aliphatic rings. The van der Waals surface area contributed by atoms with Crippen molar-refractivity contribution < 1.29 is 29.0 Å². The largest absolute Gasteiger partial charge is 0.479 e. The number of carbonyl (C=O) groups excluding carboxylic acids is 3. The number of hydrogen-bond donors (Lipinski definition) is 3. The van der Waals surface area contributed by atoms with Gasteiger partial charge in [0.25, 0.3) is 5.91 Å². The summed E-state index contributed by atoms with van der Waals surface area (Å²) in [7, 11) is 0. The summed E-state index contributed by atoms with van der Waals surface area (Å²) >= 11 is 0. The average Bonchev–Trinajstić information content (AvgIpc) is 2.90. The highest BCUT2D eigenvalue weighted by Gasteiger charge is 2.47. The molecule has 2 heterocycles. The number of imide groups is 1. The molecule has 2 fully saturated rings. The molecule has 9 heteroatoms. The molecule has 2 aliphatic heterocycles. The number of hydrogen-bond acceptors (Lipinski definition) is 5. The SMILES string of the molecule is CC1(C)NC(=O)N(CC(=O)NC2(C(=O)O)CCOC2)C1=O. The zero-order valence-electron chi connectivity index (χ0n) is 11.8. The van der Waals surface area contributed by atoms with Crippen LogP contribution < -0.4 is 10.6 Å². The Balaban J connectivity index is 2.04. The summed E-state index contributed by atoms with van der Waals surface area (Å²) in [6.07, 6.45) is 0.139. The molecule has 0 saturated carbocycles. The molecule has 116 valence electrons. The molecule has 1 atom stereocenters. The molecule has 2 rings (SSSR count). The predicted molar refractivity (Wildman–Crippen MR) is 68.3 cm³/mol. The molecule has 0 aromatic heterocycles. The van der Waals surface area contributed by atoms with Gasteiger partial charge in [0.15, 0.2) is 5.54 Å². The van der Waals surface area contributed by atoms with Crippen molar-refractivity contribution in [3.63, 3.8) is 0 Å². The van der Waals surface area contributed by atoms with Crippen molar-refractivity contribution in [3.8, 4) is 0 Å². The Morgan fingerprint density at radius 1 is 1.43 bits per heavy atom. The topological polar surface area (TPSA) is 125 Å². The van der Waals surface area contributed by atoms with Crippen LogP contribution in [0.3, 0.4) is 0 Å². The summed E-state index contributed by atoms with van der Waals surface area (Å²) in [5, 5.41) is 14.0. The summed E-state index contributed by atoms with van der Waals surface area (Å²) in [5.74, 6) is -2.45. The molecule has 0 aromatic rings. The quantitative estimate of drug-likeness (QED) is 0.553. The van der Waals surface area contributed by atoms with E-state index in [9.17, 15) is 24.3 Å². The van der Waals surface area contributed by atoms with Crippen molar-refractivity contribution in [2.45, 2.75) is 31.3 Å². The number of rotatable bonds is 4. The summed E-state index contributed by atoms with van der Waals surface area (Å²) in [6.45, 7) is 2.61. The lowest BCUT2D eigenvalue weighted by molar-refractivity contribution is -0.147. The first kappa shape index (κ1) is 15.2. The molecular weight excluding hydrogens is 282 g/mol. The molecular formula is C12H17N3O6. The Labute approximate surface area is 120 Å². The molecule has 0 spiro atoms. The minimum absolute atomic E-state index is 0.139. The second-order valence-corrected chi connectivity index (χ2v) is 5.68. The number of aliphatic carboxylic acids is 1. The van der Waals surface area contributed by atoms with E-state index in [-0.39, 0.29) is 19.6 Å². The fourth-order valence-electron chi connectivity index (χ4n) is 2.30. The van der Waals surface area contributed by atoms with Gasteiger partial charge in [0, 0.05) is 13.0 Å². The standard InChI is InChI=1S/C12H17N3O6/c1-11(2)8(17)15(10(20)14-11)5-7(16)13-12(9(18)19)3-4-21-6-12/h3-6H2,1-2H3,(H,13,16)(H,14,20)(H,18,19). The third-order valence-corrected chi connectivity index (χ3v) is 3.56. The van der Waals surface area contributed by atoms with Gasteiger partial charge in [0.2, 0.25) is 5.91 Å². The highest BCUT2D eigenvalue weighted by Crippen LogP contribution is 2.20. The minimum atomic E-state index is -1.49. The first-order chi connectivity index (χ1) is 9.68. The smallest absolute Gasteiger partial charge is 0.331 e. The summed E-state index contributed by atoms with van der Waals surface area (Å²) < 4.78 is 5.01. The number of carboxylic acids is 1. The van der Waals surface area contributed by atoms with Crippen LogP contribution in [0.4, 0.5) is 4.79 Å². The van der Waals surface area contributed by atoms with Crippen molar-refractivity contribution in [2.24, 2.45) is 0 Å². The first-order valence-electron chi connectivity index (χ1n) is 6.44. The van der Waals surface area contributed by atoms with Crippen LogP contribution in [-0.2, 0) is 19.1 Å². The van der Waals surface area contributed by atoms with E-state index >= 15 is 0 Å². The van der Waals surface area contributed by atoms with Crippen molar-refractivity contribution in [1.29, 1.82) is 0 Å². The number of urea groups is 1. The maximum Gasteiger partial charge on any atom is 0.331 e. The summed E-state index contributed by atoms with van der Waals surface area (Å²) in [6, 6.07) is -0.674. The minimum Gasteiger partial charge on any atom is -0.479 e. The molecule has 1 unspecified atom stereocenters. The van der Waals surface area contributed by atoms with Crippen LogP contribution in [0.15, 0.2) is 0 Å². The Morgan fingerprint density at radius 3 is 2.52 bits per heavy atom. The Bertz CT molecular complexity index is 509. The number of ether oxygens (including phenoxy) is 1. The van der Waals surface area contributed by atoms with E-state index in [1.807, 2.05) is 0 Å². The number of carboxylic acid groups (broad SMARTS) is 1. The third kappa shape index (κ3) is 2.68. The number of nitrogens with zero attached hydrogens (tertiary/aromatic N) is 1. The highest BCUT2D eigenvalue weighted by atomic mass is 16.5. The summed E-state index contributed by atoms with van der Waals surface area (Å²) in [4.78, 5) is 47.6. The van der Waals surface area contributed by atoms with Gasteiger partial charge in [-0.05, 0) is 13.8 Å². The maximum atomic E-state index is 12.0. The van der Waals surface area contributed by atoms with Gasteiger partial charge in [-0.25, -0.2) is 9.59 Å². The molecule has 0 aliphatic carbocycles. The Morgan fingerprint density at radius 2 is 2.10 bits per heavy atom. The normalized spacial score (nSPS) is 27.6. The third-order valence-electron chi connectivity index (χ3n) is 3.56. The zero-order chi connectivity index (χ0) is 15.8. The predicted octanol–water partition coefficient (Wildman–Crippen LogP) is -1.32. The van der Waals surface area contributed by atoms with Gasteiger partial charge in [-0.15, -0.1) is 0 Å². The van der Waals surface area contributed by atoms with Gasteiger partial charge < -0.3 is 20.5 Å². The second-order valence-electron chi connectivity index (χ2n) is 5.68. The van der Waals surface area contributed by atoms with E-state index < -0.39 is 41.4 Å². The van der Waals surface area contributed by atoms with E-state index in [4.69, 9.17) is 4.74 Å². The van der Waals surface area contributed by atoms with Crippen LogP contribution in [0.25, 0.3) is 0 Å². The van der Waals surface area contributed by atoms with Crippen LogP contribution in [-0.4, -0.2) is 64.7 Å². The van der Waals surface area contributed by atoms with E-state index in [1.165, 1.54) is 13.8 Å². The summed E-state index contributed by atoms with van der Waals surface area (Å²) in [5.41, 5.74) is -2.57. The lowest BCUT2D eigenvalue weighted by Gasteiger charge is -2.24. The van der Waals surface area contributed by atoms with Crippen molar-refractivity contribution in [1.82, 2.24) is 15.5 Å². The van der Waals surface area contributed by atoms with E-state index in [1.54, 1.807) is 0 Å². The monoisotopic (exact) mass is 299 g/mol. The number of carbonyl (C=O) groups is 4. The fourth-order valence-corrected chi connectivity index (χ4v) is 2.30. The molecule has 0 radical (unpaired) electrons. The van der Waals surface area contributed by atoms with Gasteiger partial charge in [0.05, 0.1) is 6.61 Å². The van der Waals surface area contributed by atoms with Gasteiger partial charge >= 0.3 is 12.0 Å².